The standard InChI is InChI=1S/C23H30N4O5/c28-20-7-5-18(21(29)25-20)27-14-17-16(22(27)30)4-6-19(24-17)23(31)8-10-26(11-9-23)13-15-3-1-2-12-32-15/h4,6,15,18,31H,1-3,5,7-14H2,(H,25,28,29). The summed E-state index contributed by atoms with van der Waals surface area (Å²) in [4.78, 5) is 45.0. The number of pyridine rings is 1. The summed E-state index contributed by atoms with van der Waals surface area (Å²) < 4.78 is 5.85. The molecule has 0 aliphatic carbocycles. The van der Waals surface area contributed by atoms with Gasteiger partial charge in [0.25, 0.3) is 5.91 Å². The van der Waals surface area contributed by atoms with Crippen molar-refractivity contribution in [3.8, 4) is 0 Å². The van der Waals surface area contributed by atoms with Gasteiger partial charge in [-0.25, -0.2) is 0 Å². The van der Waals surface area contributed by atoms with E-state index >= 15 is 0 Å². The molecule has 3 fully saturated rings. The highest BCUT2D eigenvalue weighted by Crippen LogP contribution is 2.34. The molecule has 0 bridgehead atoms. The Morgan fingerprint density at radius 3 is 2.69 bits per heavy atom. The minimum absolute atomic E-state index is 0.218. The third-order valence-corrected chi connectivity index (χ3v) is 7.27. The molecular weight excluding hydrogens is 412 g/mol. The number of likely N-dealkylation sites (tertiary alicyclic amines) is 1. The molecule has 0 aromatic carbocycles. The first-order valence-corrected chi connectivity index (χ1v) is 11.6. The van der Waals surface area contributed by atoms with E-state index in [2.05, 4.69) is 15.2 Å². The first-order valence-electron chi connectivity index (χ1n) is 11.6. The molecule has 3 saturated heterocycles. The van der Waals surface area contributed by atoms with Crippen LogP contribution in [-0.4, -0.2) is 76.0 Å². The Morgan fingerprint density at radius 1 is 1.16 bits per heavy atom. The number of hydrogen-bond donors (Lipinski definition) is 2. The molecule has 5 heterocycles. The van der Waals surface area contributed by atoms with E-state index in [-0.39, 0.29) is 30.9 Å². The number of piperidine rings is 2. The highest BCUT2D eigenvalue weighted by molar-refractivity contribution is 6.05. The molecule has 4 aliphatic heterocycles. The third-order valence-electron chi connectivity index (χ3n) is 7.27. The van der Waals surface area contributed by atoms with Gasteiger partial charge >= 0.3 is 0 Å². The van der Waals surface area contributed by atoms with Crippen LogP contribution in [0.3, 0.4) is 0 Å². The fourth-order valence-electron chi connectivity index (χ4n) is 5.30. The quantitative estimate of drug-likeness (QED) is 0.660. The predicted molar refractivity (Wildman–Crippen MR) is 113 cm³/mol. The number of amides is 3. The van der Waals surface area contributed by atoms with Crippen LogP contribution in [0.15, 0.2) is 12.1 Å². The minimum Gasteiger partial charge on any atom is -0.383 e. The molecule has 5 rings (SSSR count). The smallest absolute Gasteiger partial charge is 0.256 e. The van der Waals surface area contributed by atoms with Crippen LogP contribution in [0.5, 0.6) is 0 Å². The summed E-state index contributed by atoms with van der Waals surface area (Å²) >= 11 is 0. The SMILES string of the molecule is O=C1CCC(N2Cc3nc(C4(O)CCN(CC5CCCCO5)CC4)ccc3C2=O)C(=O)N1. The molecule has 0 radical (unpaired) electrons. The number of ether oxygens (including phenoxy) is 1. The number of rotatable bonds is 4. The second-order valence-corrected chi connectivity index (χ2v) is 9.41. The summed E-state index contributed by atoms with van der Waals surface area (Å²) in [5, 5.41) is 13.6. The van der Waals surface area contributed by atoms with Crippen LogP contribution in [0.25, 0.3) is 0 Å². The molecule has 0 spiro atoms. The largest absolute Gasteiger partial charge is 0.383 e. The van der Waals surface area contributed by atoms with Gasteiger partial charge in [-0.2, -0.15) is 0 Å². The van der Waals surface area contributed by atoms with E-state index in [1.54, 1.807) is 12.1 Å². The molecule has 3 amide bonds. The van der Waals surface area contributed by atoms with Crippen molar-refractivity contribution in [3.05, 3.63) is 29.1 Å². The fraction of sp³-hybridized carbons (Fsp3) is 0.652. The van der Waals surface area contributed by atoms with Gasteiger partial charge in [-0.15, -0.1) is 0 Å². The van der Waals surface area contributed by atoms with Crippen molar-refractivity contribution in [3.63, 3.8) is 0 Å². The molecule has 32 heavy (non-hydrogen) atoms. The highest BCUT2D eigenvalue weighted by Gasteiger charge is 2.42. The maximum atomic E-state index is 12.9. The molecule has 9 heteroatoms. The number of fused-ring (bicyclic) bond motifs is 1. The summed E-state index contributed by atoms with van der Waals surface area (Å²) in [6.07, 6.45) is 5.45. The number of hydrogen-bond acceptors (Lipinski definition) is 7. The Balaban J connectivity index is 1.25. The van der Waals surface area contributed by atoms with E-state index in [4.69, 9.17) is 4.74 Å². The Kier molecular flexibility index (Phi) is 5.73. The predicted octanol–water partition coefficient (Wildman–Crippen LogP) is 0.695. The van der Waals surface area contributed by atoms with E-state index in [0.29, 0.717) is 36.2 Å². The summed E-state index contributed by atoms with van der Waals surface area (Å²) in [5.41, 5.74) is 0.615. The Labute approximate surface area is 187 Å². The molecule has 9 nitrogen and oxygen atoms in total. The van der Waals surface area contributed by atoms with E-state index in [0.717, 1.165) is 39.1 Å². The Morgan fingerprint density at radius 2 is 1.97 bits per heavy atom. The fourth-order valence-corrected chi connectivity index (χ4v) is 5.30. The Bertz CT molecular complexity index is 921. The average Bonchev–Trinajstić information content (AvgIpc) is 3.12. The van der Waals surface area contributed by atoms with Crippen molar-refractivity contribution < 1.29 is 24.2 Å². The molecule has 2 atom stereocenters. The molecule has 0 saturated carbocycles. The van der Waals surface area contributed by atoms with Gasteiger partial charge in [0, 0.05) is 32.7 Å². The highest BCUT2D eigenvalue weighted by atomic mass is 16.5. The van der Waals surface area contributed by atoms with Crippen molar-refractivity contribution in [2.75, 3.05) is 26.2 Å². The van der Waals surface area contributed by atoms with Crippen LogP contribution < -0.4 is 5.32 Å². The third kappa shape index (κ3) is 4.04. The lowest BCUT2D eigenvalue weighted by molar-refractivity contribution is -0.136. The molecule has 4 aliphatic rings. The molecule has 172 valence electrons. The topological polar surface area (TPSA) is 112 Å². The summed E-state index contributed by atoms with van der Waals surface area (Å²) in [5.74, 6) is -0.988. The number of carbonyl (C=O) groups excluding carboxylic acids is 3. The number of nitrogens with zero attached hydrogens (tertiary/aromatic N) is 3. The number of nitrogens with one attached hydrogen (secondary N) is 1. The van der Waals surface area contributed by atoms with E-state index in [1.165, 1.54) is 11.3 Å². The van der Waals surface area contributed by atoms with E-state index in [1.807, 2.05) is 0 Å². The van der Waals surface area contributed by atoms with Gasteiger partial charge in [0.05, 0.1) is 29.6 Å². The van der Waals surface area contributed by atoms with Gasteiger partial charge in [0.2, 0.25) is 11.8 Å². The molecular formula is C23H30N4O5. The maximum absolute atomic E-state index is 12.9. The second kappa shape index (κ2) is 8.53. The van der Waals surface area contributed by atoms with Crippen molar-refractivity contribution in [2.45, 2.75) is 69.2 Å². The lowest BCUT2D eigenvalue weighted by atomic mass is 9.87. The van der Waals surface area contributed by atoms with Crippen LogP contribution >= 0.6 is 0 Å². The van der Waals surface area contributed by atoms with Gasteiger partial charge in [-0.05, 0) is 50.7 Å². The zero-order chi connectivity index (χ0) is 22.3. The van der Waals surface area contributed by atoms with Crippen LogP contribution in [0.1, 0.15) is 66.7 Å². The average molecular weight is 443 g/mol. The van der Waals surface area contributed by atoms with Crippen LogP contribution in [-0.2, 0) is 26.5 Å². The zero-order valence-electron chi connectivity index (χ0n) is 18.2. The van der Waals surface area contributed by atoms with E-state index < -0.39 is 17.6 Å². The molecule has 1 aromatic rings. The van der Waals surface area contributed by atoms with Gasteiger partial charge in [0.1, 0.15) is 11.6 Å². The minimum atomic E-state index is -1.02. The van der Waals surface area contributed by atoms with Crippen LogP contribution in [0.4, 0.5) is 0 Å². The molecule has 1 aromatic heterocycles. The van der Waals surface area contributed by atoms with Gasteiger partial charge < -0.3 is 19.6 Å². The molecule has 2 unspecified atom stereocenters. The van der Waals surface area contributed by atoms with Gasteiger partial charge in [-0.3, -0.25) is 24.7 Å². The summed E-state index contributed by atoms with van der Waals surface area (Å²) in [6, 6.07) is 2.79. The lowest BCUT2D eigenvalue weighted by Gasteiger charge is -2.39. The van der Waals surface area contributed by atoms with Crippen LogP contribution in [0.2, 0.25) is 0 Å². The monoisotopic (exact) mass is 442 g/mol. The zero-order valence-corrected chi connectivity index (χ0v) is 18.2. The van der Waals surface area contributed by atoms with Crippen molar-refractivity contribution in [1.82, 2.24) is 20.1 Å². The number of aromatic nitrogens is 1. The summed E-state index contributed by atoms with van der Waals surface area (Å²) in [6.45, 7) is 3.52. The number of aliphatic hydroxyl groups is 1. The number of imide groups is 1. The second-order valence-electron chi connectivity index (χ2n) is 9.41. The van der Waals surface area contributed by atoms with Crippen LogP contribution in [0, 0.1) is 0 Å². The van der Waals surface area contributed by atoms with Crippen molar-refractivity contribution >= 4 is 17.7 Å². The summed E-state index contributed by atoms with van der Waals surface area (Å²) in [7, 11) is 0. The first-order chi connectivity index (χ1) is 15.4. The van der Waals surface area contributed by atoms with E-state index in [9.17, 15) is 19.5 Å². The normalized spacial score (nSPS) is 28.5. The van der Waals surface area contributed by atoms with Gasteiger partial charge in [-0.1, -0.05) is 0 Å². The van der Waals surface area contributed by atoms with Gasteiger partial charge in [0.15, 0.2) is 0 Å². The molecule has 2 N–H and O–H groups in total. The first kappa shape index (κ1) is 21.5. The number of carbonyl (C=O) groups is 3. The Hall–Kier alpha value is -2.36. The lowest BCUT2D eigenvalue weighted by Crippen LogP contribution is -2.52. The van der Waals surface area contributed by atoms with Crippen molar-refractivity contribution in [2.24, 2.45) is 0 Å². The maximum Gasteiger partial charge on any atom is 0.256 e. The van der Waals surface area contributed by atoms with Crippen molar-refractivity contribution in [1.29, 1.82) is 0 Å².